The minimum absolute atomic E-state index is 0.0925. The Morgan fingerprint density at radius 1 is 1.53 bits per heavy atom. The first-order chi connectivity index (χ1) is 8.16. The standard InChI is InChI=1S/C11H11BrN4O/c1-7(8-3-2-4-9(12)5-8)15-11(17)10-13-6-14-16-10/h2-7H,1H3,(H,15,17)(H,13,14,16)/t7-/m1/s1. The second kappa shape index (κ2) is 5.09. The van der Waals surface area contributed by atoms with Gasteiger partial charge in [0.25, 0.3) is 5.91 Å². The van der Waals surface area contributed by atoms with Gasteiger partial charge in [0.1, 0.15) is 6.33 Å². The van der Waals surface area contributed by atoms with Crippen molar-refractivity contribution < 1.29 is 4.79 Å². The summed E-state index contributed by atoms with van der Waals surface area (Å²) in [6.45, 7) is 1.91. The minimum Gasteiger partial charge on any atom is -0.343 e. The molecule has 0 radical (unpaired) electrons. The van der Waals surface area contributed by atoms with Crippen LogP contribution in [0.4, 0.5) is 0 Å². The van der Waals surface area contributed by atoms with Crippen molar-refractivity contribution in [2.24, 2.45) is 0 Å². The van der Waals surface area contributed by atoms with Crippen molar-refractivity contribution in [2.45, 2.75) is 13.0 Å². The van der Waals surface area contributed by atoms with Gasteiger partial charge < -0.3 is 5.32 Å². The number of aromatic amines is 1. The van der Waals surface area contributed by atoms with Crippen LogP contribution in [-0.4, -0.2) is 21.1 Å². The van der Waals surface area contributed by atoms with E-state index in [2.05, 4.69) is 36.4 Å². The van der Waals surface area contributed by atoms with Crippen molar-refractivity contribution in [1.82, 2.24) is 20.5 Å². The van der Waals surface area contributed by atoms with Crippen LogP contribution in [0.5, 0.6) is 0 Å². The largest absolute Gasteiger partial charge is 0.343 e. The number of benzene rings is 1. The maximum Gasteiger partial charge on any atom is 0.289 e. The monoisotopic (exact) mass is 294 g/mol. The van der Waals surface area contributed by atoms with Gasteiger partial charge in [-0.1, -0.05) is 28.1 Å². The average Bonchev–Trinajstić information content (AvgIpc) is 2.82. The van der Waals surface area contributed by atoms with Crippen molar-refractivity contribution in [1.29, 1.82) is 0 Å². The smallest absolute Gasteiger partial charge is 0.289 e. The highest BCUT2D eigenvalue weighted by Gasteiger charge is 2.13. The van der Waals surface area contributed by atoms with Crippen molar-refractivity contribution in [3.05, 3.63) is 46.5 Å². The van der Waals surface area contributed by atoms with Crippen molar-refractivity contribution in [3.63, 3.8) is 0 Å². The molecule has 0 bridgehead atoms. The molecule has 0 aliphatic heterocycles. The summed E-state index contributed by atoms with van der Waals surface area (Å²) in [5.41, 5.74) is 1.02. The molecule has 2 N–H and O–H groups in total. The molecule has 17 heavy (non-hydrogen) atoms. The summed E-state index contributed by atoms with van der Waals surface area (Å²) in [7, 11) is 0. The summed E-state index contributed by atoms with van der Waals surface area (Å²) in [5, 5.41) is 8.99. The Hall–Kier alpha value is -1.69. The first-order valence-corrected chi connectivity index (χ1v) is 5.88. The molecule has 5 nitrogen and oxygen atoms in total. The number of carbonyl (C=O) groups excluding carboxylic acids is 1. The number of aromatic nitrogens is 3. The zero-order valence-electron chi connectivity index (χ0n) is 9.14. The Balaban J connectivity index is 2.07. The van der Waals surface area contributed by atoms with Gasteiger partial charge in [0, 0.05) is 4.47 Å². The second-order valence-corrected chi connectivity index (χ2v) is 4.50. The van der Waals surface area contributed by atoms with Crippen LogP contribution < -0.4 is 5.32 Å². The molecular formula is C11H11BrN4O. The number of H-pyrrole nitrogens is 1. The molecule has 0 aliphatic carbocycles. The number of amides is 1. The fraction of sp³-hybridized carbons (Fsp3) is 0.182. The van der Waals surface area contributed by atoms with Crippen molar-refractivity contribution >= 4 is 21.8 Å². The summed E-state index contributed by atoms with van der Waals surface area (Å²) < 4.78 is 0.982. The van der Waals surface area contributed by atoms with E-state index in [9.17, 15) is 4.79 Å². The number of carbonyl (C=O) groups is 1. The fourth-order valence-corrected chi connectivity index (χ4v) is 1.86. The SMILES string of the molecule is C[C@@H](NC(=O)c1ncn[nH]1)c1cccc(Br)c1. The zero-order chi connectivity index (χ0) is 12.3. The predicted molar refractivity (Wildman–Crippen MR) is 66.4 cm³/mol. The molecular weight excluding hydrogens is 284 g/mol. The molecule has 0 unspecified atom stereocenters. The second-order valence-electron chi connectivity index (χ2n) is 3.58. The van der Waals surface area contributed by atoms with Crippen LogP contribution in [0.1, 0.15) is 29.1 Å². The average molecular weight is 295 g/mol. The Morgan fingerprint density at radius 3 is 3.00 bits per heavy atom. The Labute approximate surface area is 107 Å². The highest BCUT2D eigenvalue weighted by Crippen LogP contribution is 2.17. The number of nitrogens with zero attached hydrogens (tertiary/aromatic N) is 2. The summed E-state index contributed by atoms with van der Waals surface area (Å²) in [6, 6.07) is 7.69. The molecule has 0 aliphatic rings. The van der Waals surface area contributed by atoms with Gasteiger partial charge in [-0.15, -0.1) is 0 Å². The first kappa shape index (κ1) is 11.8. The van der Waals surface area contributed by atoms with E-state index in [0.717, 1.165) is 10.0 Å². The number of rotatable bonds is 3. The van der Waals surface area contributed by atoms with Crippen LogP contribution in [0.2, 0.25) is 0 Å². The summed E-state index contributed by atoms with van der Waals surface area (Å²) >= 11 is 3.39. The van der Waals surface area contributed by atoms with Gasteiger partial charge >= 0.3 is 0 Å². The molecule has 0 spiro atoms. The Bertz CT molecular complexity index is 512. The lowest BCUT2D eigenvalue weighted by molar-refractivity contribution is 0.0930. The van der Waals surface area contributed by atoms with E-state index in [0.29, 0.717) is 0 Å². The minimum atomic E-state index is -0.269. The topological polar surface area (TPSA) is 70.7 Å². The summed E-state index contributed by atoms with van der Waals surface area (Å²) in [5.74, 6) is -0.0539. The maximum atomic E-state index is 11.7. The van der Waals surface area contributed by atoms with E-state index in [4.69, 9.17) is 0 Å². The van der Waals surface area contributed by atoms with Gasteiger partial charge in [-0.25, -0.2) is 4.98 Å². The van der Waals surface area contributed by atoms with E-state index in [1.165, 1.54) is 6.33 Å². The zero-order valence-corrected chi connectivity index (χ0v) is 10.7. The van der Waals surface area contributed by atoms with Crippen molar-refractivity contribution in [2.75, 3.05) is 0 Å². The molecule has 0 saturated heterocycles. The molecule has 88 valence electrons. The molecule has 1 heterocycles. The molecule has 0 saturated carbocycles. The quantitative estimate of drug-likeness (QED) is 0.910. The van der Waals surface area contributed by atoms with Gasteiger partial charge in [0.05, 0.1) is 6.04 Å². The first-order valence-electron chi connectivity index (χ1n) is 5.08. The van der Waals surface area contributed by atoms with Gasteiger partial charge in [0.15, 0.2) is 0 Å². The molecule has 0 fully saturated rings. The van der Waals surface area contributed by atoms with E-state index >= 15 is 0 Å². The lowest BCUT2D eigenvalue weighted by Crippen LogP contribution is -2.27. The van der Waals surface area contributed by atoms with Crippen LogP contribution in [0.25, 0.3) is 0 Å². The molecule has 2 aromatic rings. The Morgan fingerprint density at radius 2 is 2.35 bits per heavy atom. The van der Waals surface area contributed by atoms with E-state index in [1.807, 2.05) is 31.2 Å². The Kier molecular flexibility index (Phi) is 3.53. The van der Waals surface area contributed by atoms with Gasteiger partial charge in [-0.2, -0.15) is 5.10 Å². The lowest BCUT2D eigenvalue weighted by Gasteiger charge is -2.13. The lowest BCUT2D eigenvalue weighted by atomic mass is 10.1. The van der Waals surface area contributed by atoms with Crippen LogP contribution in [0, 0.1) is 0 Å². The number of halogens is 1. The third kappa shape index (κ3) is 2.91. The molecule has 1 aromatic carbocycles. The normalized spacial score (nSPS) is 12.1. The molecule has 6 heteroatoms. The highest BCUT2D eigenvalue weighted by molar-refractivity contribution is 9.10. The molecule has 1 amide bonds. The van der Waals surface area contributed by atoms with Gasteiger partial charge in [-0.05, 0) is 24.6 Å². The molecule has 2 rings (SSSR count). The van der Waals surface area contributed by atoms with Crippen LogP contribution >= 0.6 is 15.9 Å². The van der Waals surface area contributed by atoms with Crippen LogP contribution in [0.15, 0.2) is 35.1 Å². The highest BCUT2D eigenvalue weighted by atomic mass is 79.9. The number of hydrogen-bond acceptors (Lipinski definition) is 3. The van der Waals surface area contributed by atoms with Crippen LogP contribution in [0.3, 0.4) is 0 Å². The van der Waals surface area contributed by atoms with Gasteiger partial charge in [0.2, 0.25) is 5.82 Å². The van der Waals surface area contributed by atoms with E-state index in [-0.39, 0.29) is 17.8 Å². The fourth-order valence-electron chi connectivity index (χ4n) is 1.44. The van der Waals surface area contributed by atoms with E-state index < -0.39 is 0 Å². The number of nitrogens with one attached hydrogen (secondary N) is 2. The molecule has 1 aromatic heterocycles. The third-order valence-electron chi connectivity index (χ3n) is 2.33. The third-order valence-corrected chi connectivity index (χ3v) is 2.82. The number of hydrogen-bond donors (Lipinski definition) is 2. The van der Waals surface area contributed by atoms with E-state index in [1.54, 1.807) is 0 Å². The van der Waals surface area contributed by atoms with Gasteiger partial charge in [-0.3, -0.25) is 9.89 Å². The van der Waals surface area contributed by atoms with Crippen molar-refractivity contribution in [3.8, 4) is 0 Å². The maximum absolute atomic E-state index is 11.7. The van der Waals surface area contributed by atoms with Crippen LogP contribution in [-0.2, 0) is 0 Å². The summed E-state index contributed by atoms with van der Waals surface area (Å²) in [4.78, 5) is 15.5. The predicted octanol–water partition coefficient (Wildman–Crippen LogP) is 2.06. The summed E-state index contributed by atoms with van der Waals surface area (Å²) in [6.07, 6.45) is 1.30. The molecule has 1 atom stereocenters.